The Kier molecular flexibility index (Phi) is 2.18. The van der Waals surface area contributed by atoms with Gasteiger partial charge < -0.3 is 9.84 Å². The predicted octanol–water partition coefficient (Wildman–Crippen LogP) is 0.853. The number of ether oxygens (including phenoxy) is 1. The molecule has 1 fully saturated rings. The molecule has 2 unspecified atom stereocenters. The van der Waals surface area contributed by atoms with Crippen LogP contribution in [0.5, 0.6) is 0 Å². The third kappa shape index (κ3) is 1.93. The van der Waals surface area contributed by atoms with Crippen molar-refractivity contribution in [3.63, 3.8) is 0 Å². The summed E-state index contributed by atoms with van der Waals surface area (Å²) < 4.78 is 4.94. The fourth-order valence-electron chi connectivity index (χ4n) is 1.50. The summed E-state index contributed by atoms with van der Waals surface area (Å²) >= 11 is 0. The summed E-state index contributed by atoms with van der Waals surface area (Å²) in [5.74, 6) is -0.308. The second kappa shape index (κ2) is 2.81. The highest BCUT2D eigenvalue weighted by molar-refractivity contribution is 5.66. The van der Waals surface area contributed by atoms with Gasteiger partial charge >= 0.3 is 5.97 Å². The minimum Gasteiger partial charge on any atom is -0.460 e. The van der Waals surface area contributed by atoms with Gasteiger partial charge in [-0.05, 0) is 26.2 Å². The fourth-order valence-corrected chi connectivity index (χ4v) is 1.50. The van der Waals surface area contributed by atoms with E-state index in [2.05, 4.69) is 0 Å². The zero-order valence-corrected chi connectivity index (χ0v) is 6.96. The number of hydrogen-bond donors (Lipinski definition) is 1. The molecule has 0 saturated heterocycles. The standard InChI is InChI=1S/C8H14O3/c1-6(9)11-7-4-3-5-8(7,2)10/h7,10H,3-5H2,1-2H3. The van der Waals surface area contributed by atoms with Crippen LogP contribution in [0, 0.1) is 0 Å². The van der Waals surface area contributed by atoms with Gasteiger partial charge in [-0.1, -0.05) is 0 Å². The molecule has 0 spiro atoms. The molecule has 0 aromatic rings. The Morgan fingerprint density at radius 2 is 2.36 bits per heavy atom. The van der Waals surface area contributed by atoms with Crippen molar-refractivity contribution in [3.8, 4) is 0 Å². The van der Waals surface area contributed by atoms with E-state index in [1.165, 1.54) is 6.92 Å². The Balaban J connectivity index is 2.51. The van der Waals surface area contributed by atoms with Crippen molar-refractivity contribution in [3.05, 3.63) is 0 Å². The van der Waals surface area contributed by atoms with E-state index in [0.717, 1.165) is 19.3 Å². The molecule has 1 aliphatic rings. The third-order valence-electron chi connectivity index (χ3n) is 2.15. The minimum atomic E-state index is -0.800. The topological polar surface area (TPSA) is 46.5 Å². The van der Waals surface area contributed by atoms with Crippen LogP contribution in [0.15, 0.2) is 0 Å². The van der Waals surface area contributed by atoms with Gasteiger partial charge in [-0.25, -0.2) is 0 Å². The van der Waals surface area contributed by atoms with Crippen molar-refractivity contribution >= 4 is 5.97 Å². The highest BCUT2D eigenvalue weighted by Crippen LogP contribution is 2.31. The minimum absolute atomic E-state index is 0.292. The van der Waals surface area contributed by atoms with Crippen molar-refractivity contribution in [1.82, 2.24) is 0 Å². The molecule has 1 rings (SSSR count). The van der Waals surface area contributed by atoms with Crippen molar-refractivity contribution in [2.24, 2.45) is 0 Å². The normalized spacial score (nSPS) is 37.2. The van der Waals surface area contributed by atoms with Crippen LogP contribution in [0.1, 0.15) is 33.1 Å². The van der Waals surface area contributed by atoms with E-state index in [1.807, 2.05) is 0 Å². The van der Waals surface area contributed by atoms with Crippen LogP contribution in [0.2, 0.25) is 0 Å². The summed E-state index contributed by atoms with van der Waals surface area (Å²) in [5.41, 5.74) is -0.800. The number of esters is 1. The first-order chi connectivity index (χ1) is 5.02. The second-order valence-corrected chi connectivity index (χ2v) is 3.35. The van der Waals surface area contributed by atoms with Gasteiger partial charge in [-0.15, -0.1) is 0 Å². The van der Waals surface area contributed by atoms with Crippen molar-refractivity contribution in [2.45, 2.75) is 44.8 Å². The first kappa shape index (κ1) is 8.53. The highest BCUT2D eigenvalue weighted by atomic mass is 16.6. The van der Waals surface area contributed by atoms with Gasteiger partial charge in [-0.2, -0.15) is 0 Å². The Morgan fingerprint density at radius 3 is 2.73 bits per heavy atom. The summed E-state index contributed by atoms with van der Waals surface area (Å²) in [4.78, 5) is 10.6. The van der Waals surface area contributed by atoms with E-state index in [1.54, 1.807) is 6.92 Å². The molecule has 3 nitrogen and oxygen atoms in total. The smallest absolute Gasteiger partial charge is 0.303 e. The van der Waals surface area contributed by atoms with E-state index < -0.39 is 5.60 Å². The Hall–Kier alpha value is -0.570. The number of hydrogen-bond acceptors (Lipinski definition) is 3. The first-order valence-corrected chi connectivity index (χ1v) is 3.92. The van der Waals surface area contributed by atoms with Gasteiger partial charge in [0.05, 0.1) is 5.60 Å². The van der Waals surface area contributed by atoms with Gasteiger partial charge in [0.25, 0.3) is 0 Å². The molecule has 2 atom stereocenters. The molecule has 0 amide bonds. The van der Waals surface area contributed by atoms with Crippen LogP contribution in [-0.2, 0) is 9.53 Å². The molecule has 1 saturated carbocycles. The molecule has 3 heteroatoms. The molecule has 0 aromatic heterocycles. The molecule has 1 aliphatic carbocycles. The molecule has 0 heterocycles. The zero-order valence-electron chi connectivity index (χ0n) is 6.96. The molecule has 0 aliphatic heterocycles. The van der Waals surface area contributed by atoms with E-state index in [4.69, 9.17) is 4.74 Å². The maximum Gasteiger partial charge on any atom is 0.303 e. The van der Waals surface area contributed by atoms with Crippen LogP contribution in [-0.4, -0.2) is 22.8 Å². The van der Waals surface area contributed by atoms with Crippen LogP contribution in [0.3, 0.4) is 0 Å². The molecule has 1 N–H and O–H groups in total. The van der Waals surface area contributed by atoms with Crippen LogP contribution in [0.25, 0.3) is 0 Å². The van der Waals surface area contributed by atoms with E-state index >= 15 is 0 Å². The average molecular weight is 158 g/mol. The molecular weight excluding hydrogens is 144 g/mol. The Labute approximate surface area is 66.4 Å². The summed E-state index contributed by atoms with van der Waals surface area (Å²) in [6.45, 7) is 3.09. The van der Waals surface area contributed by atoms with Crippen molar-refractivity contribution < 1.29 is 14.6 Å². The highest BCUT2D eigenvalue weighted by Gasteiger charge is 2.38. The van der Waals surface area contributed by atoms with Gasteiger partial charge in [0.2, 0.25) is 0 Å². The summed E-state index contributed by atoms with van der Waals surface area (Å²) in [7, 11) is 0. The molecular formula is C8H14O3. The molecule has 0 aromatic carbocycles. The quantitative estimate of drug-likeness (QED) is 0.575. The third-order valence-corrected chi connectivity index (χ3v) is 2.15. The lowest BCUT2D eigenvalue weighted by Crippen LogP contribution is -2.36. The summed E-state index contributed by atoms with van der Waals surface area (Å²) in [5, 5.41) is 9.63. The van der Waals surface area contributed by atoms with Crippen LogP contribution in [0.4, 0.5) is 0 Å². The van der Waals surface area contributed by atoms with E-state index in [9.17, 15) is 9.90 Å². The molecule has 0 bridgehead atoms. The number of aliphatic hydroxyl groups is 1. The Morgan fingerprint density at radius 1 is 1.73 bits per heavy atom. The maximum absolute atomic E-state index is 10.6. The van der Waals surface area contributed by atoms with Gasteiger partial charge in [0.15, 0.2) is 0 Å². The van der Waals surface area contributed by atoms with Gasteiger partial charge in [0.1, 0.15) is 6.10 Å². The largest absolute Gasteiger partial charge is 0.460 e. The lowest BCUT2D eigenvalue weighted by atomic mass is 10.0. The van der Waals surface area contributed by atoms with E-state index in [-0.39, 0.29) is 12.1 Å². The molecule has 64 valence electrons. The van der Waals surface area contributed by atoms with Crippen LogP contribution >= 0.6 is 0 Å². The summed E-state index contributed by atoms with van der Waals surface area (Å²) in [6.07, 6.45) is 2.16. The lowest BCUT2D eigenvalue weighted by Gasteiger charge is -2.24. The SMILES string of the molecule is CC(=O)OC1CCCC1(C)O. The number of carbonyl (C=O) groups is 1. The maximum atomic E-state index is 10.6. The number of rotatable bonds is 1. The zero-order chi connectivity index (χ0) is 8.48. The van der Waals surface area contributed by atoms with E-state index in [0.29, 0.717) is 0 Å². The van der Waals surface area contributed by atoms with Crippen molar-refractivity contribution in [1.29, 1.82) is 0 Å². The fraction of sp³-hybridized carbons (Fsp3) is 0.875. The second-order valence-electron chi connectivity index (χ2n) is 3.35. The lowest BCUT2D eigenvalue weighted by molar-refractivity contribution is -0.157. The van der Waals surface area contributed by atoms with Crippen molar-refractivity contribution in [2.75, 3.05) is 0 Å². The summed E-state index contributed by atoms with van der Waals surface area (Å²) in [6, 6.07) is 0. The monoisotopic (exact) mass is 158 g/mol. The number of carbonyl (C=O) groups excluding carboxylic acids is 1. The Bertz CT molecular complexity index is 163. The average Bonchev–Trinajstić information content (AvgIpc) is 2.10. The molecule has 11 heavy (non-hydrogen) atoms. The predicted molar refractivity (Wildman–Crippen MR) is 40.0 cm³/mol. The van der Waals surface area contributed by atoms with Gasteiger partial charge in [0, 0.05) is 6.92 Å². The first-order valence-electron chi connectivity index (χ1n) is 3.92. The molecule has 0 radical (unpaired) electrons. The van der Waals surface area contributed by atoms with Crippen LogP contribution < -0.4 is 0 Å². The van der Waals surface area contributed by atoms with Gasteiger partial charge in [-0.3, -0.25) is 4.79 Å².